The zero-order chi connectivity index (χ0) is 23.9. The maximum absolute atomic E-state index is 13.3. The molecule has 0 saturated carbocycles. The number of rotatable bonds is 7. The third kappa shape index (κ3) is 5.67. The molecule has 1 unspecified atom stereocenters. The molecule has 2 heterocycles. The number of hydrogen-bond donors (Lipinski definition) is 1. The first kappa shape index (κ1) is 23.6. The first-order valence-corrected chi connectivity index (χ1v) is 11.4. The number of hydrazone groups is 1. The van der Waals surface area contributed by atoms with Crippen LogP contribution in [-0.2, 0) is 9.47 Å². The molecule has 0 spiro atoms. The van der Waals surface area contributed by atoms with E-state index < -0.39 is 6.09 Å². The van der Waals surface area contributed by atoms with Crippen LogP contribution in [0.25, 0.3) is 0 Å². The second-order valence-corrected chi connectivity index (χ2v) is 8.42. The highest BCUT2D eigenvalue weighted by Crippen LogP contribution is 2.33. The lowest BCUT2D eigenvalue weighted by Gasteiger charge is -2.21. The van der Waals surface area contributed by atoms with Gasteiger partial charge in [-0.25, -0.2) is 9.80 Å². The molecular formula is C25H23BrN4O4. The second-order valence-electron chi connectivity index (χ2n) is 7.51. The zero-order valence-electron chi connectivity index (χ0n) is 18.5. The molecule has 1 atom stereocenters. The van der Waals surface area contributed by atoms with Crippen molar-refractivity contribution >= 4 is 39.3 Å². The van der Waals surface area contributed by atoms with E-state index in [9.17, 15) is 9.59 Å². The van der Waals surface area contributed by atoms with Crippen LogP contribution in [0.5, 0.6) is 0 Å². The zero-order valence-corrected chi connectivity index (χ0v) is 20.1. The number of nitrogens with zero attached hydrogens (tertiary/aromatic N) is 3. The molecule has 174 valence electrons. The lowest BCUT2D eigenvalue weighted by Crippen LogP contribution is -2.27. The van der Waals surface area contributed by atoms with Crippen molar-refractivity contribution in [2.45, 2.75) is 12.5 Å². The van der Waals surface area contributed by atoms with Gasteiger partial charge in [0, 0.05) is 35.5 Å². The Labute approximate surface area is 205 Å². The number of carbonyl (C=O) groups excluding carboxylic acids is 2. The van der Waals surface area contributed by atoms with Crippen molar-refractivity contribution in [1.29, 1.82) is 0 Å². The fourth-order valence-electron chi connectivity index (χ4n) is 3.52. The third-order valence-electron chi connectivity index (χ3n) is 5.22. The minimum atomic E-state index is -0.551. The number of ether oxygens (including phenoxy) is 2. The van der Waals surface area contributed by atoms with Crippen molar-refractivity contribution in [2.75, 3.05) is 25.6 Å². The van der Waals surface area contributed by atoms with E-state index in [1.54, 1.807) is 30.5 Å². The molecule has 2 aromatic carbocycles. The van der Waals surface area contributed by atoms with E-state index in [0.717, 1.165) is 21.4 Å². The molecule has 34 heavy (non-hydrogen) atoms. The summed E-state index contributed by atoms with van der Waals surface area (Å²) in [4.78, 5) is 29.6. The molecular weight excluding hydrogens is 500 g/mol. The van der Waals surface area contributed by atoms with E-state index >= 15 is 0 Å². The third-order valence-corrected chi connectivity index (χ3v) is 5.75. The molecule has 0 saturated heterocycles. The average Bonchev–Trinajstić information content (AvgIpc) is 3.31. The number of aromatic nitrogens is 1. The van der Waals surface area contributed by atoms with E-state index in [-0.39, 0.29) is 18.6 Å². The van der Waals surface area contributed by atoms with E-state index in [0.29, 0.717) is 24.3 Å². The Morgan fingerprint density at radius 1 is 1.06 bits per heavy atom. The topological polar surface area (TPSA) is 93.1 Å². The number of carbonyl (C=O) groups is 2. The summed E-state index contributed by atoms with van der Waals surface area (Å²) in [5, 5.41) is 8.85. The van der Waals surface area contributed by atoms with E-state index in [1.165, 1.54) is 12.1 Å². The van der Waals surface area contributed by atoms with Crippen LogP contribution in [0, 0.1) is 0 Å². The van der Waals surface area contributed by atoms with Crippen LogP contribution in [0.2, 0.25) is 0 Å². The van der Waals surface area contributed by atoms with Gasteiger partial charge in [0.1, 0.15) is 12.6 Å². The molecule has 1 aliphatic heterocycles. The summed E-state index contributed by atoms with van der Waals surface area (Å²) in [6.07, 6.45) is 1.68. The molecule has 0 aliphatic carbocycles. The Morgan fingerprint density at radius 3 is 2.50 bits per heavy atom. The molecule has 8 nitrogen and oxygen atoms in total. The molecule has 0 fully saturated rings. The average molecular weight is 523 g/mol. The maximum Gasteiger partial charge on any atom is 0.411 e. The summed E-state index contributed by atoms with van der Waals surface area (Å²) < 4.78 is 10.8. The number of nitrogens with one attached hydrogen (secondary N) is 1. The summed E-state index contributed by atoms with van der Waals surface area (Å²) in [5.41, 5.74) is 3.51. The summed E-state index contributed by atoms with van der Waals surface area (Å²) in [7, 11) is 1.54. The van der Waals surface area contributed by atoms with Gasteiger partial charge in [-0.05, 0) is 54.1 Å². The number of halogens is 1. The molecule has 1 aromatic heterocycles. The van der Waals surface area contributed by atoms with Crippen molar-refractivity contribution in [2.24, 2.45) is 5.10 Å². The van der Waals surface area contributed by atoms with Crippen LogP contribution >= 0.6 is 15.9 Å². The summed E-state index contributed by atoms with van der Waals surface area (Å²) >= 11 is 3.40. The van der Waals surface area contributed by atoms with Crippen molar-refractivity contribution in [3.05, 3.63) is 94.2 Å². The Morgan fingerprint density at radius 2 is 1.82 bits per heavy atom. The van der Waals surface area contributed by atoms with Crippen LogP contribution < -0.4 is 5.32 Å². The lowest BCUT2D eigenvalue weighted by atomic mass is 10.0. The van der Waals surface area contributed by atoms with Gasteiger partial charge in [-0.2, -0.15) is 5.10 Å². The minimum absolute atomic E-state index is 0.175. The molecule has 1 aliphatic rings. The highest BCUT2D eigenvalue weighted by atomic mass is 79.9. The lowest BCUT2D eigenvalue weighted by molar-refractivity contribution is 0.0708. The minimum Gasteiger partial charge on any atom is -0.447 e. The van der Waals surface area contributed by atoms with Crippen molar-refractivity contribution in [3.8, 4) is 0 Å². The van der Waals surface area contributed by atoms with Crippen LogP contribution in [0.1, 0.15) is 34.1 Å². The Bertz CT molecular complexity index is 1170. The van der Waals surface area contributed by atoms with Gasteiger partial charge in [0.25, 0.3) is 5.91 Å². The summed E-state index contributed by atoms with van der Waals surface area (Å²) in [5.74, 6) is -0.199. The van der Waals surface area contributed by atoms with Crippen molar-refractivity contribution in [1.82, 2.24) is 9.99 Å². The Hall–Kier alpha value is -3.56. The maximum atomic E-state index is 13.3. The SMILES string of the molecule is COCCOC(=O)Nc1ccc(C2=NN(C(=O)c3ccc(Br)cc3)C(c3ccccn3)C2)cc1. The smallest absolute Gasteiger partial charge is 0.411 e. The Kier molecular flexibility index (Phi) is 7.66. The van der Waals surface area contributed by atoms with Crippen LogP contribution in [0.15, 0.2) is 82.5 Å². The van der Waals surface area contributed by atoms with Gasteiger partial charge in [-0.1, -0.05) is 34.1 Å². The number of amides is 2. The van der Waals surface area contributed by atoms with Crippen LogP contribution in [0.3, 0.4) is 0 Å². The predicted octanol–water partition coefficient (Wildman–Crippen LogP) is 5.03. The monoisotopic (exact) mass is 522 g/mol. The second kappa shape index (κ2) is 11.0. The molecule has 3 aromatic rings. The number of hydrogen-bond acceptors (Lipinski definition) is 6. The fraction of sp³-hybridized carbons (Fsp3) is 0.200. The number of pyridine rings is 1. The standard InChI is InChI=1S/C25H23BrN4O4/c1-33-14-15-34-25(32)28-20-11-7-17(8-12-20)22-16-23(21-4-2-3-13-27-21)30(29-22)24(31)18-5-9-19(26)10-6-18/h2-13,23H,14-16H2,1H3,(H,28,32). The summed E-state index contributed by atoms with van der Waals surface area (Å²) in [6.45, 7) is 0.507. The van der Waals surface area contributed by atoms with E-state index in [4.69, 9.17) is 9.47 Å². The molecule has 1 N–H and O–H groups in total. The van der Waals surface area contributed by atoms with Gasteiger partial charge in [-0.3, -0.25) is 15.1 Å². The van der Waals surface area contributed by atoms with Crippen LogP contribution in [-0.4, -0.2) is 48.0 Å². The fourth-order valence-corrected chi connectivity index (χ4v) is 3.78. The van der Waals surface area contributed by atoms with E-state index in [2.05, 4.69) is 31.3 Å². The van der Waals surface area contributed by atoms with Gasteiger partial charge in [0.2, 0.25) is 0 Å². The van der Waals surface area contributed by atoms with Crippen molar-refractivity contribution < 1.29 is 19.1 Å². The number of methoxy groups -OCH3 is 1. The van der Waals surface area contributed by atoms with Gasteiger partial charge < -0.3 is 9.47 Å². The normalized spacial score (nSPS) is 15.1. The molecule has 2 amide bonds. The van der Waals surface area contributed by atoms with Crippen LogP contribution in [0.4, 0.5) is 10.5 Å². The quantitative estimate of drug-likeness (QED) is 0.439. The highest BCUT2D eigenvalue weighted by molar-refractivity contribution is 9.10. The number of anilines is 1. The first-order valence-electron chi connectivity index (χ1n) is 10.7. The predicted molar refractivity (Wildman–Crippen MR) is 132 cm³/mol. The Balaban J connectivity index is 1.54. The van der Waals surface area contributed by atoms with E-state index in [1.807, 2.05) is 42.5 Å². The molecule has 9 heteroatoms. The van der Waals surface area contributed by atoms with Gasteiger partial charge in [0.15, 0.2) is 0 Å². The van der Waals surface area contributed by atoms with Gasteiger partial charge >= 0.3 is 6.09 Å². The number of benzene rings is 2. The summed E-state index contributed by atoms with van der Waals surface area (Å²) in [6, 6.07) is 19.7. The molecule has 0 bridgehead atoms. The van der Waals surface area contributed by atoms with Gasteiger partial charge in [0.05, 0.1) is 18.0 Å². The highest BCUT2D eigenvalue weighted by Gasteiger charge is 2.34. The largest absolute Gasteiger partial charge is 0.447 e. The molecule has 4 rings (SSSR count). The van der Waals surface area contributed by atoms with Gasteiger partial charge in [-0.15, -0.1) is 0 Å². The first-order chi connectivity index (χ1) is 16.5. The molecule has 0 radical (unpaired) electrons. The van der Waals surface area contributed by atoms with Crippen molar-refractivity contribution in [3.63, 3.8) is 0 Å².